The maximum atomic E-state index is 13.4. The first kappa shape index (κ1) is 11.9. The van der Waals surface area contributed by atoms with E-state index in [9.17, 15) is 8.78 Å². The Morgan fingerprint density at radius 3 is 2.60 bits per heavy atom. The molecule has 1 aromatic rings. The average molecular weight is 215 g/mol. The lowest BCUT2D eigenvalue weighted by Crippen LogP contribution is -2.16. The molecule has 1 unspecified atom stereocenters. The molecular formula is C11H15F2NO. The van der Waals surface area contributed by atoms with Gasteiger partial charge >= 0.3 is 0 Å². The zero-order valence-electron chi connectivity index (χ0n) is 8.89. The van der Waals surface area contributed by atoms with Crippen molar-refractivity contribution in [1.29, 1.82) is 0 Å². The van der Waals surface area contributed by atoms with Gasteiger partial charge in [-0.2, -0.15) is 0 Å². The van der Waals surface area contributed by atoms with Crippen LogP contribution in [0.3, 0.4) is 0 Å². The topological polar surface area (TPSA) is 35.2 Å². The second kappa shape index (κ2) is 5.07. The molecule has 0 saturated heterocycles. The van der Waals surface area contributed by atoms with E-state index < -0.39 is 11.6 Å². The minimum Gasteiger partial charge on any atom is -0.496 e. The van der Waals surface area contributed by atoms with Gasteiger partial charge in [0, 0.05) is 23.7 Å². The summed E-state index contributed by atoms with van der Waals surface area (Å²) >= 11 is 0. The lowest BCUT2D eigenvalue weighted by molar-refractivity contribution is 0.398. The molecule has 1 rings (SSSR count). The van der Waals surface area contributed by atoms with Crippen molar-refractivity contribution in [3.63, 3.8) is 0 Å². The summed E-state index contributed by atoms with van der Waals surface area (Å²) in [5.41, 5.74) is 5.96. The number of hydrogen-bond donors (Lipinski definition) is 1. The van der Waals surface area contributed by atoms with Crippen molar-refractivity contribution in [1.82, 2.24) is 0 Å². The van der Waals surface area contributed by atoms with Gasteiger partial charge in [-0.3, -0.25) is 0 Å². The van der Waals surface area contributed by atoms with Gasteiger partial charge in [0.15, 0.2) is 0 Å². The van der Waals surface area contributed by atoms with Gasteiger partial charge in [-0.15, -0.1) is 0 Å². The molecule has 0 bridgehead atoms. The number of rotatable bonds is 4. The van der Waals surface area contributed by atoms with Crippen LogP contribution in [0.25, 0.3) is 0 Å². The molecule has 1 atom stereocenters. The van der Waals surface area contributed by atoms with Gasteiger partial charge < -0.3 is 10.5 Å². The third-order valence-electron chi connectivity index (χ3n) is 2.19. The van der Waals surface area contributed by atoms with Crippen molar-refractivity contribution in [2.24, 2.45) is 5.73 Å². The van der Waals surface area contributed by atoms with E-state index in [0.29, 0.717) is 18.4 Å². The minimum absolute atomic E-state index is 0.0147. The summed E-state index contributed by atoms with van der Waals surface area (Å²) in [5.74, 6) is -0.963. The van der Waals surface area contributed by atoms with Crippen molar-refractivity contribution in [3.05, 3.63) is 29.3 Å². The maximum absolute atomic E-state index is 13.4. The summed E-state index contributed by atoms with van der Waals surface area (Å²) in [5, 5.41) is 0. The standard InChI is InChI=1S/C11H15F2NO/c1-7(14)3-4-9-10(13)5-8(12)6-11(9)15-2/h5-7H,3-4,14H2,1-2H3. The van der Waals surface area contributed by atoms with Gasteiger partial charge in [0.1, 0.15) is 17.4 Å². The van der Waals surface area contributed by atoms with E-state index in [0.717, 1.165) is 6.07 Å². The summed E-state index contributed by atoms with van der Waals surface area (Å²) in [6.45, 7) is 1.84. The Morgan fingerprint density at radius 2 is 2.07 bits per heavy atom. The Labute approximate surface area is 88.0 Å². The zero-order chi connectivity index (χ0) is 11.4. The number of ether oxygens (including phenoxy) is 1. The fourth-order valence-corrected chi connectivity index (χ4v) is 1.38. The molecule has 0 radical (unpaired) electrons. The van der Waals surface area contributed by atoms with Crippen LogP contribution in [0.15, 0.2) is 12.1 Å². The van der Waals surface area contributed by atoms with Crippen LogP contribution in [-0.2, 0) is 6.42 Å². The van der Waals surface area contributed by atoms with Crippen LogP contribution in [-0.4, -0.2) is 13.2 Å². The van der Waals surface area contributed by atoms with Crippen molar-refractivity contribution in [2.75, 3.05) is 7.11 Å². The van der Waals surface area contributed by atoms with Crippen LogP contribution < -0.4 is 10.5 Å². The predicted molar refractivity (Wildman–Crippen MR) is 54.9 cm³/mol. The summed E-state index contributed by atoms with van der Waals surface area (Å²) in [7, 11) is 1.39. The van der Waals surface area contributed by atoms with Gasteiger partial charge in [0.05, 0.1) is 7.11 Å². The van der Waals surface area contributed by atoms with E-state index in [4.69, 9.17) is 10.5 Å². The Kier molecular flexibility index (Phi) is 4.03. The molecule has 4 heteroatoms. The number of halogens is 2. The van der Waals surface area contributed by atoms with E-state index in [1.54, 1.807) is 0 Å². The van der Waals surface area contributed by atoms with Crippen molar-refractivity contribution in [3.8, 4) is 5.75 Å². The van der Waals surface area contributed by atoms with Crippen LogP contribution in [0.2, 0.25) is 0 Å². The summed E-state index contributed by atoms with van der Waals surface area (Å²) in [6.07, 6.45) is 1.09. The van der Waals surface area contributed by atoms with Gasteiger partial charge in [-0.05, 0) is 19.8 Å². The SMILES string of the molecule is COc1cc(F)cc(F)c1CCC(C)N. The largest absolute Gasteiger partial charge is 0.496 e. The number of benzene rings is 1. The van der Waals surface area contributed by atoms with Gasteiger partial charge in [-0.25, -0.2) is 8.78 Å². The smallest absolute Gasteiger partial charge is 0.133 e. The van der Waals surface area contributed by atoms with Crippen LogP contribution in [0, 0.1) is 11.6 Å². The molecule has 0 fully saturated rings. The van der Waals surface area contributed by atoms with Crippen LogP contribution in [0.4, 0.5) is 8.78 Å². The molecule has 2 nitrogen and oxygen atoms in total. The van der Waals surface area contributed by atoms with E-state index >= 15 is 0 Å². The van der Waals surface area contributed by atoms with Crippen molar-refractivity contribution < 1.29 is 13.5 Å². The second-order valence-corrected chi connectivity index (χ2v) is 3.58. The highest BCUT2D eigenvalue weighted by Gasteiger charge is 2.12. The molecular weight excluding hydrogens is 200 g/mol. The molecule has 0 aliphatic rings. The second-order valence-electron chi connectivity index (χ2n) is 3.58. The fourth-order valence-electron chi connectivity index (χ4n) is 1.38. The van der Waals surface area contributed by atoms with Crippen molar-refractivity contribution >= 4 is 0 Å². The quantitative estimate of drug-likeness (QED) is 0.836. The van der Waals surface area contributed by atoms with E-state index in [-0.39, 0.29) is 11.8 Å². The highest BCUT2D eigenvalue weighted by atomic mass is 19.1. The van der Waals surface area contributed by atoms with Crippen LogP contribution in [0.5, 0.6) is 5.75 Å². The number of nitrogens with two attached hydrogens (primary N) is 1. The lowest BCUT2D eigenvalue weighted by Gasteiger charge is -2.11. The summed E-state index contributed by atoms with van der Waals surface area (Å²) in [6, 6.07) is 2.03. The molecule has 0 saturated carbocycles. The molecule has 0 aliphatic heterocycles. The Morgan fingerprint density at radius 1 is 1.40 bits per heavy atom. The monoisotopic (exact) mass is 215 g/mol. The highest BCUT2D eigenvalue weighted by molar-refractivity contribution is 5.35. The van der Waals surface area contributed by atoms with Gasteiger partial charge in [0.25, 0.3) is 0 Å². The van der Waals surface area contributed by atoms with E-state index in [2.05, 4.69) is 0 Å². The molecule has 0 heterocycles. The molecule has 0 aromatic heterocycles. The molecule has 1 aromatic carbocycles. The third kappa shape index (κ3) is 3.16. The van der Waals surface area contributed by atoms with Crippen LogP contribution in [0.1, 0.15) is 18.9 Å². The fraction of sp³-hybridized carbons (Fsp3) is 0.455. The van der Waals surface area contributed by atoms with E-state index in [1.807, 2.05) is 6.92 Å². The number of methoxy groups -OCH3 is 1. The Bertz CT molecular complexity index is 340. The molecule has 2 N–H and O–H groups in total. The summed E-state index contributed by atoms with van der Waals surface area (Å²) < 4.78 is 31.2. The Balaban J connectivity index is 2.93. The molecule has 0 spiro atoms. The van der Waals surface area contributed by atoms with Crippen LogP contribution >= 0.6 is 0 Å². The number of hydrogen-bond acceptors (Lipinski definition) is 2. The highest BCUT2D eigenvalue weighted by Crippen LogP contribution is 2.24. The first-order valence-corrected chi connectivity index (χ1v) is 4.82. The molecule has 15 heavy (non-hydrogen) atoms. The zero-order valence-corrected chi connectivity index (χ0v) is 8.89. The molecule has 0 aliphatic carbocycles. The minimum atomic E-state index is -0.631. The average Bonchev–Trinajstić information content (AvgIpc) is 2.14. The summed E-state index contributed by atoms with van der Waals surface area (Å²) in [4.78, 5) is 0. The predicted octanol–water partition coefficient (Wildman–Crippen LogP) is 2.25. The molecule has 84 valence electrons. The Hall–Kier alpha value is -1.16. The maximum Gasteiger partial charge on any atom is 0.133 e. The first-order valence-electron chi connectivity index (χ1n) is 4.82. The molecule has 0 amide bonds. The first-order chi connectivity index (χ1) is 7.04. The van der Waals surface area contributed by atoms with Gasteiger partial charge in [0.2, 0.25) is 0 Å². The third-order valence-corrected chi connectivity index (χ3v) is 2.19. The lowest BCUT2D eigenvalue weighted by atomic mass is 10.0. The van der Waals surface area contributed by atoms with E-state index in [1.165, 1.54) is 13.2 Å². The van der Waals surface area contributed by atoms with Crippen molar-refractivity contribution in [2.45, 2.75) is 25.8 Å². The normalized spacial score (nSPS) is 12.6. The van der Waals surface area contributed by atoms with Gasteiger partial charge in [-0.1, -0.05) is 0 Å².